The van der Waals surface area contributed by atoms with Gasteiger partial charge in [-0.1, -0.05) is 46.2 Å². The van der Waals surface area contributed by atoms with Gasteiger partial charge < -0.3 is 10.6 Å². The molecule has 190 valence electrons. The van der Waals surface area contributed by atoms with Gasteiger partial charge in [0.1, 0.15) is 5.00 Å². The lowest BCUT2D eigenvalue weighted by Gasteiger charge is -2.34. The highest BCUT2D eigenvalue weighted by Gasteiger charge is 2.34. The van der Waals surface area contributed by atoms with E-state index < -0.39 is 0 Å². The minimum atomic E-state index is -0.123. The zero-order valence-electron chi connectivity index (χ0n) is 22.0. The van der Waals surface area contributed by atoms with E-state index in [4.69, 9.17) is 0 Å². The second kappa shape index (κ2) is 10.8. The van der Waals surface area contributed by atoms with Crippen LogP contribution in [0.1, 0.15) is 86.2 Å². The molecule has 0 radical (unpaired) electrons. The number of nitrogens with one attached hydrogen (secondary N) is 2. The Kier molecular flexibility index (Phi) is 8.02. The maximum atomic E-state index is 13.6. The largest absolute Gasteiger partial charge is 0.322 e. The molecular formula is C29H41N3O2S. The summed E-state index contributed by atoms with van der Waals surface area (Å²) < 4.78 is 0. The van der Waals surface area contributed by atoms with E-state index in [0.717, 1.165) is 61.9 Å². The average Bonchev–Trinajstić information content (AvgIpc) is 3.15. The molecule has 1 aliphatic carbocycles. The number of fused-ring (bicyclic) bond motifs is 1. The number of likely N-dealkylation sites (tertiary alicyclic amines) is 1. The molecule has 4 rings (SSSR count). The van der Waals surface area contributed by atoms with Crippen molar-refractivity contribution in [2.45, 2.75) is 85.6 Å². The Morgan fingerprint density at radius 1 is 1.14 bits per heavy atom. The maximum Gasteiger partial charge on any atom is 0.258 e. The van der Waals surface area contributed by atoms with Crippen LogP contribution in [0.3, 0.4) is 0 Å². The SMILES string of the molecule is CC[C@H]1CCCCN1CC(=O)Nc1sc2c(c1C(=O)Nc1cccc(C)c1)CC[C@H](C(C)(C)C)C2. The van der Waals surface area contributed by atoms with Crippen molar-refractivity contribution < 1.29 is 9.59 Å². The van der Waals surface area contributed by atoms with E-state index in [1.807, 2.05) is 31.2 Å². The van der Waals surface area contributed by atoms with E-state index in [0.29, 0.717) is 29.1 Å². The summed E-state index contributed by atoms with van der Waals surface area (Å²) in [5.41, 5.74) is 3.90. The van der Waals surface area contributed by atoms with E-state index in [1.165, 1.54) is 11.3 Å². The average molecular weight is 496 g/mol. The summed E-state index contributed by atoms with van der Waals surface area (Å²) in [6.07, 6.45) is 7.53. The number of piperidine rings is 1. The number of hydrogen-bond acceptors (Lipinski definition) is 4. The topological polar surface area (TPSA) is 61.4 Å². The van der Waals surface area contributed by atoms with Gasteiger partial charge in [-0.3, -0.25) is 14.5 Å². The Morgan fingerprint density at radius 2 is 1.94 bits per heavy atom. The summed E-state index contributed by atoms with van der Waals surface area (Å²) in [4.78, 5) is 30.3. The van der Waals surface area contributed by atoms with Gasteiger partial charge in [0.05, 0.1) is 12.1 Å². The Hall–Kier alpha value is -2.18. The number of aryl methyl sites for hydroxylation is 1. The third-order valence-corrected chi connectivity index (χ3v) is 8.98. The van der Waals surface area contributed by atoms with Crippen LogP contribution in [0.25, 0.3) is 0 Å². The first-order valence-electron chi connectivity index (χ1n) is 13.2. The van der Waals surface area contributed by atoms with Gasteiger partial charge in [0, 0.05) is 16.6 Å². The van der Waals surface area contributed by atoms with Crippen LogP contribution in [-0.4, -0.2) is 35.8 Å². The standard InChI is InChI=1S/C29H41N3O2S/c1-6-22-12-7-8-15-32(22)18-25(33)31-28-26(27(34)30-21-11-9-10-19(2)16-21)23-14-13-20(29(3,4)5)17-24(23)35-28/h9-11,16,20,22H,6-8,12-15,17-18H2,1-5H3,(H,30,34)(H,31,33)/t20-,22-/m0/s1. The van der Waals surface area contributed by atoms with Crippen molar-refractivity contribution in [3.8, 4) is 0 Å². The fraction of sp³-hybridized carbons (Fsp3) is 0.586. The van der Waals surface area contributed by atoms with E-state index in [-0.39, 0.29) is 17.2 Å². The highest BCUT2D eigenvalue weighted by atomic mass is 32.1. The number of anilines is 2. The van der Waals surface area contributed by atoms with Crippen molar-refractivity contribution in [1.82, 2.24) is 4.90 Å². The first-order chi connectivity index (χ1) is 16.7. The number of rotatable bonds is 6. The molecule has 2 aliphatic rings. The second-order valence-electron chi connectivity index (χ2n) is 11.4. The molecule has 1 aromatic carbocycles. The van der Waals surface area contributed by atoms with Crippen LogP contribution in [0, 0.1) is 18.3 Å². The predicted molar refractivity (Wildman–Crippen MR) is 147 cm³/mol. The van der Waals surface area contributed by atoms with Crippen LogP contribution < -0.4 is 10.6 Å². The van der Waals surface area contributed by atoms with Gasteiger partial charge in [-0.15, -0.1) is 11.3 Å². The van der Waals surface area contributed by atoms with E-state index in [1.54, 1.807) is 11.3 Å². The molecule has 6 heteroatoms. The van der Waals surface area contributed by atoms with Gasteiger partial charge in [-0.2, -0.15) is 0 Å². The fourth-order valence-corrected chi connectivity index (χ4v) is 6.99. The molecular weight excluding hydrogens is 454 g/mol. The molecule has 2 heterocycles. The number of carbonyl (C=O) groups is 2. The molecule has 1 aromatic heterocycles. The minimum Gasteiger partial charge on any atom is -0.322 e. The summed E-state index contributed by atoms with van der Waals surface area (Å²) in [6, 6.07) is 8.34. The smallest absolute Gasteiger partial charge is 0.258 e. The normalized spacial score (nSPS) is 20.8. The molecule has 2 N–H and O–H groups in total. The van der Waals surface area contributed by atoms with Crippen molar-refractivity contribution in [2.24, 2.45) is 11.3 Å². The highest BCUT2D eigenvalue weighted by Crippen LogP contribution is 2.44. The van der Waals surface area contributed by atoms with E-state index in [9.17, 15) is 9.59 Å². The van der Waals surface area contributed by atoms with Crippen LogP contribution in [0.5, 0.6) is 0 Å². The van der Waals surface area contributed by atoms with Gasteiger partial charge in [0.15, 0.2) is 0 Å². The highest BCUT2D eigenvalue weighted by molar-refractivity contribution is 7.17. The van der Waals surface area contributed by atoms with Gasteiger partial charge in [-0.05, 0) is 86.6 Å². The Bertz CT molecular complexity index is 1070. The molecule has 0 unspecified atom stereocenters. The minimum absolute atomic E-state index is 0.0130. The zero-order valence-corrected chi connectivity index (χ0v) is 22.8. The summed E-state index contributed by atoms with van der Waals surface area (Å²) in [5, 5.41) is 6.98. The molecule has 0 spiro atoms. The number of thiophene rings is 1. The molecule has 0 saturated carbocycles. The Morgan fingerprint density at radius 3 is 2.66 bits per heavy atom. The lowest BCUT2D eigenvalue weighted by molar-refractivity contribution is -0.118. The van der Waals surface area contributed by atoms with Crippen molar-refractivity contribution in [3.05, 3.63) is 45.8 Å². The van der Waals surface area contributed by atoms with Crippen LogP contribution in [-0.2, 0) is 17.6 Å². The number of nitrogens with zero attached hydrogens (tertiary/aromatic N) is 1. The van der Waals surface area contributed by atoms with Crippen LogP contribution in [0.2, 0.25) is 0 Å². The molecule has 2 amide bonds. The van der Waals surface area contributed by atoms with Crippen LogP contribution >= 0.6 is 11.3 Å². The van der Waals surface area contributed by atoms with Crippen molar-refractivity contribution in [3.63, 3.8) is 0 Å². The third-order valence-electron chi connectivity index (χ3n) is 7.81. The molecule has 1 aliphatic heterocycles. The lowest BCUT2D eigenvalue weighted by atomic mass is 9.72. The summed E-state index contributed by atoms with van der Waals surface area (Å²) in [5.74, 6) is 0.437. The van der Waals surface area contributed by atoms with Gasteiger partial charge in [0.25, 0.3) is 5.91 Å². The first kappa shape index (κ1) is 25.9. The van der Waals surface area contributed by atoms with Crippen LogP contribution in [0.15, 0.2) is 24.3 Å². The summed E-state index contributed by atoms with van der Waals surface area (Å²) >= 11 is 1.61. The molecule has 1 saturated heterocycles. The second-order valence-corrected chi connectivity index (χ2v) is 12.5. The van der Waals surface area contributed by atoms with Crippen molar-refractivity contribution in [1.29, 1.82) is 0 Å². The molecule has 2 atom stereocenters. The summed E-state index contributed by atoms with van der Waals surface area (Å²) in [6.45, 7) is 12.5. The molecule has 0 bridgehead atoms. The number of benzene rings is 1. The Labute approximate surface area is 214 Å². The van der Waals surface area contributed by atoms with Gasteiger partial charge in [-0.25, -0.2) is 0 Å². The monoisotopic (exact) mass is 495 g/mol. The maximum absolute atomic E-state index is 13.6. The number of amides is 2. The quantitative estimate of drug-likeness (QED) is 0.471. The molecule has 2 aromatic rings. The van der Waals surface area contributed by atoms with Crippen LogP contribution in [0.4, 0.5) is 10.7 Å². The fourth-order valence-electron chi connectivity index (χ4n) is 5.65. The lowest BCUT2D eigenvalue weighted by Crippen LogP contribution is -2.43. The molecule has 5 nitrogen and oxygen atoms in total. The third kappa shape index (κ3) is 6.15. The molecule has 1 fully saturated rings. The van der Waals surface area contributed by atoms with Gasteiger partial charge in [0.2, 0.25) is 5.91 Å². The first-order valence-corrected chi connectivity index (χ1v) is 14.0. The van der Waals surface area contributed by atoms with Crippen molar-refractivity contribution in [2.75, 3.05) is 23.7 Å². The zero-order chi connectivity index (χ0) is 25.2. The van der Waals surface area contributed by atoms with Gasteiger partial charge >= 0.3 is 0 Å². The van der Waals surface area contributed by atoms with E-state index >= 15 is 0 Å². The summed E-state index contributed by atoms with van der Waals surface area (Å²) in [7, 11) is 0. The van der Waals surface area contributed by atoms with E-state index in [2.05, 4.69) is 43.2 Å². The van der Waals surface area contributed by atoms with Crippen molar-refractivity contribution >= 4 is 33.8 Å². The number of carbonyl (C=O) groups excluding carboxylic acids is 2. The Balaban J connectivity index is 1.59. The predicted octanol–water partition coefficient (Wildman–Crippen LogP) is 6.66. The number of hydrogen-bond donors (Lipinski definition) is 2. The molecule has 35 heavy (non-hydrogen) atoms.